The normalized spacial score (nSPS) is 11.3. The monoisotopic (exact) mass is 405 g/mol. The Hall–Kier alpha value is -3.58. The molecule has 0 saturated carbocycles. The van der Waals surface area contributed by atoms with Crippen LogP contribution in [-0.2, 0) is 10.0 Å². The molecule has 29 heavy (non-hydrogen) atoms. The van der Waals surface area contributed by atoms with Crippen molar-refractivity contribution in [2.24, 2.45) is 0 Å². The molecule has 0 spiro atoms. The molecule has 0 aliphatic rings. The Bertz CT molecular complexity index is 1250. The molecule has 0 atom stereocenters. The number of nitrogens with one attached hydrogen (secondary N) is 1. The van der Waals surface area contributed by atoms with E-state index < -0.39 is 10.0 Å². The van der Waals surface area contributed by atoms with Crippen LogP contribution < -0.4 is 4.72 Å². The maximum absolute atomic E-state index is 12.6. The summed E-state index contributed by atoms with van der Waals surface area (Å²) in [5.74, 6) is -0.00834. The number of anilines is 1. The van der Waals surface area contributed by atoms with Gasteiger partial charge in [-0.05, 0) is 43.3 Å². The van der Waals surface area contributed by atoms with Crippen LogP contribution in [0.25, 0.3) is 16.9 Å². The Kier molecular flexibility index (Phi) is 4.82. The highest BCUT2D eigenvalue weighted by molar-refractivity contribution is 7.92. The van der Waals surface area contributed by atoms with Gasteiger partial charge in [0.05, 0.1) is 16.3 Å². The minimum Gasteiger partial charge on any atom is -0.506 e. The molecule has 4 rings (SSSR count). The van der Waals surface area contributed by atoms with E-state index in [-0.39, 0.29) is 10.6 Å². The van der Waals surface area contributed by atoms with E-state index in [1.165, 1.54) is 16.8 Å². The summed E-state index contributed by atoms with van der Waals surface area (Å²) < 4.78 is 29.3. The van der Waals surface area contributed by atoms with Gasteiger partial charge in [0, 0.05) is 11.8 Å². The van der Waals surface area contributed by atoms with Gasteiger partial charge in [-0.3, -0.25) is 4.72 Å². The van der Waals surface area contributed by atoms with Gasteiger partial charge in [0.1, 0.15) is 11.4 Å². The van der Waals surface area contributed by atoms with Crippen molar-refractivity contribution >= 4 is 15.7 Å². The molecule has 0 aliphatic carbocycles. The zero-order valence-electron chi connectivity index (χ0n) is 15.6. The number of sulfonamides is 1. The van der Waals surface area contributed by atoms with Crippen molar-refractivity contribution in [3.05, 3.63) is 90.6 Å². The summed E-state index contributed by atoms with van der Waals surface area (Å²) in [6.07, 6.45) is 1.72. The van der Waals surface area contributed by atoms with Crippen LogP contribution in [0.5, 0.6) is 5.75 Å². The van der Waals surface area contributed by atoms with Crippen molar-refractivity contribution in [2.45, 2.75) is 11.8 Å². The Morgan fingerprint density at radius 2 is 1.66 bits per heavy atom. The van der Waals surface area contributed by atoms with Crippen molar-refractivity contribution in [3.8, 4) is 22.7 Å². The number of phenols is 1. The number of hydrogen-bond donors (Lipinski definition) is 2. The van der Waals surface area contributed by atoms with Crippen molar-refractivity contribution in [1.29, 1.82) is 0 Å². The molecule has 0 unspecified atom stereocenters. The van der Waals surface area contributed by atoms with E-state index in [0.717, 1.165) is 16.8 Å². The van der Waals surface area contributed by atoms with Crippen molar-refractivity contribution in [2.75, 3.05) is 4.72 Å². The molecule has 6 nitrogen and oxygen atoms in total. The molecule has 0 saturated heterocycles. The molecule has 0 amide bonds. The van der Waals surface area contributed by atoms with Gasteiger partial charge < -0.3 is 5.11 Å². The van der Waals surface area contributed by atoms with Crippen LogP contribution in [-0.4, -0.2) is 23.3 Å². The van der Waals surface area contributed by atoms with E-state index >= 15 is 0 Å². The number of nitrogens with zero attached hydrogens (tertiary/aromatic N) is 2. The lowest BCUT2D eigenvalue weighted by molar-refractivity contribution is 0.470. The predicted octanol–water partition coefficient (Wildman–Crippen LogP) is 4.35. The van der Waals surface area contributed by atoms with Gasteiger partial charge in [-0.15, -0.1) is 0 Å². The average molecular weight is 405 g/mol. The molecule has 7 heteroatoms. The predicted molar refractivity (Wildman–Crippen MR) is 113 cm³/mol. The van der Waals surface area contributed by atoms with Gasteiger partial charge in [-0.2, -0.15) is 5.10 Å². The fourth-order valence-corrected chi connectivity index (χ4v) is 3.97. The van der Waals surface area contributed by atoms with Gasteiger partial charge in [0.15, 0.2) is 0 Å². The number of phenolic OH excluding ortho intramolecular Hbond substituents is 1. The Balaban J connectivity index is 1.65. The molecule has 0 fully saturated rings. The summed E-state index contributed by atoms with van der Waals surface area (Å²) in [6.45, 7) is 1.89. The molecule has 0 radical (unpaired) electrons. The number of rotatable bonds is 5. The highest BCUT2D eigenvalue weighted by Crippen LogP contribution is 2.28. The zero-order chi connectivity index (χ0) is 20.4. The molecule has 3 aromatic carbocycles. The van der Waals surface area contributed by atoms with E-state index in [1.807, 2.05) is 43.3 Å². The third-order valence-electron chi connectivity index (χ3n) is 4.46. The maximum Gasteiger partial charge on any atom is 0.261 e. The highest BCUT2D eigenvalue weighted by atomic mass is 32.2. The first-order valence-electron chi connectivity index (χ1n) is 8.96. The number of aryl methyl sites for hydroxylation is 1. The molecule has 4 aromatic rings. The molecule has 1 aromatic heterocycles. The van der Waals surface area contributed by atoms with Crippen LogP contribution in [0.15, 0.2) is 90.0 Å². The smallest absolute Gasteiger partial charge is 0.261 e. The summed E-state index contributed by atoms with van der Waals surface area (Å²) in [5.41, 5.74) is 3.37. The van der Waals surface area contributed by atoms with Gasteiger partial charge in [-0.25, -0.2) is 13.1 Å². The van der Waals surface area contributed by atoms with Crippen molar-refractivity contribution < 1.29 is 13.5 Å². The minimum absolute atomic E-state index is 0.00834. The Morgan fingerprint density at radius 1 is 0.931 bits per heavy atom. The van der Waals surface area contributed by atoms with Gasteiger partial charge in [0.2, 0.25) is 0 Å². The molecular weight excluding hydrogens is 386 g/mol. The Labute approximate surface area is 169 Å². The zero-order valence-corrected chi connectivity index (χ0v) is 16.5. The lowest BCUT2D eigenvalue weighted by Crippen LogP contribution is -2.13. The number of benzene rings is 3. The summed E-state index contributed by atoms with van der Waals surface area (Å²) in [5, 5.41) is 14.8. The second kappa shape index (κ2) is 7.44. The van der Waals surface area contributed by atoms with Crippen LogP contribution >= 0.6 is 0 Å². The topological polar surface area (TPSA) is 84.2 Å². The lowest BCUT2D eigenvalue weighted by Gasteiger charge is -2.11. The molecule has 1 heterocycles. The van der Waals surface area contributed by atoms with Crippen LogP contribution in [0.2, 0.25) is 0 Å². The van der Waals surface area contributed by atoms with Crippen LogP contribution in [0.3, 0.4) is 0 Å². The highest BCUT2D eigenvalue weighted by Gasteiger charge is 2.16. The Morgan fingerprint density at radius 3 is 2.38 bits per heavy atom. The molecule has 146 valence electrons. The minimum atomic E-state index is -3.74. The number of aromatic hydroxyl groups is 1. The van der Waals surface area contributed by atoms with Crippen molar-refractivity contribution in [3.63, 3.8) is 0 Å². The third-order valence-corrected chi connectivity index (χ3v) is 5.86. The quantitative estimate of drug-likeness (QED) is 0.484. The van der Waals surface area contributed by atoms with Gasteiger partial charge >= 0.3 is 0 Å². The van der Waals surface area contributed by atoms with Gasteiger partial charge in [-0.1, -0.05) is 48.0 Å². The number of hydrogen-bond acceptors (Lipinski definition) is 4. The molecular formula is C22H19N3O3S. The van der Waals surface area contributed by atoms with E-state index in [4.69, 9.17) is 0 Å². The fourth-order valence-electron chi connectivity index (χ4n) is 2.92. The first-order chi connectivity index (χ1) is 13.9. The van der Waals surface area contributed by atoms with Crippen LogP contribution in [0.1, 0.15) is 5.56 Å². The maximum atomic E-state index is 12.6. The second-order valence-electron chi connectivity index (χ2n) is 6.63. The summed E-state index contributed by atoms with van der Waals surface area (Å²) >= 11 is 0. The van der Waals surface area contributed by atoms with Crippen LogP contribution in [0, 0.1) is 6.92 Å². The third kappa shape index (κ3) is 4.00. The van der Waals surface area contributed by atoms with E-state index in [9.17, 15) is 13.5 Å². The largest absolute Gasteiger partial charge is 0.506 e. The first kappa shape index (κ1) is 18.8. The second-order valence-corrected chi connectivity index (χ2v) is 8.32. The standard InChI is InChI=1S/C22H19N3O3S/c1-16-7-10-19(11-8-16)29(27,28)24-18-9-12-22(26)21(15-18)25-14-13-20(23-25)17-5-3-2-4-6-17/h2-15,24,26H,1H3. The SMILES string of the molecule is Cc1ccc(S(=O)(=O)Nc2ccc(O)c(-n3ccc(-c4ccccc4)n3)c2)cc1. The first-order valence-corrected chi connectivity index (χ1v) is 10.4. The van der Waals surface area contributed by atoms with E-state index in [1.54, 1.807) is 36.5 Å². The van der Waals surface area contributed by atoms with Gasteiger partial charge in [0.25, 0.3) is 10.0 Å². The van der Waals surface area contributed by atoms with Crippen molar-refractivity contribution in [1.82, 2.24) is 9.78 Å². The van der Waals surface area contributed by atoms with E-state index in [2.05, 4.69) is 9.82 Å². The summed E-state index contributed by atoms with van der Waals surface area (Å²) in [7, 11) is -3.74. The lowest BCUT2D eigenvalue weighted by atomic mass is 10.2. The van der Waals surface area contributed by atoms with E-state index in [0.29, 0.717) is 11.4 Å². The molecule has 2 N–H and O–H groups in total. The average Bonchev–Trinajstić information content (AvgIpc) is 3.20. The fraction of sp³-hybridized carbons (Fsp3) is 0.0455. The molecule has 0 aliphatic heterocycles. The van der Waals surface area contributed by atoms with Crippen LogP contribution in [0.4, 0.5) is 5.69 Å². The summed E-state index contributed by atoms with van der Waals surface area (Å²) in [4.78, 5) is 0.170. The molecule has 0 bridgehead atoms. The summed E-state index contributed by atoms with van der Waals surface area (Å²) in [6, 6.07) is 22.6. The number of aromatic nitrogens is 2.